The van der Waals surface area contributed by atoms with Crippen LogP contribution in [0, 0.1) is 24.1 Å². The number of ether oxygens (including phenoxy) is 1. The minimum atomic E-state index is -3.21. The van der Waals surface area contributed by atoms with E-state index in [-0.39, 0.29) is 12.1 Å². The predicted octanol–water partition coefficient (Wildman–Crippen LogP) is 2.93. The zero-order chi connectivity index (χ0) is 17.7. The van der Waals surface area contributed by atoms with Gasteiger partial charge in [-0.25, -0.2) is 9.37 Å². The van der Waals surface area contributed by atoms with Crippen molar-refractivity contribution >= 4 is 5.91 Å². The maximum atomic E-state index is 13.6. The molecule has 0 saturated heterocycles. The Morgan fingerprint density at radius 1 is 1.42 bits per heavy atom. The summed E-state index contributed by atoms with van der Waals surface area (Å²) in [6, 6.07) is 7.79. The molecule has 0 bridgehead atoms. The van der Waals surface area contributed by atoms with Crippen molar-refractivity contribution in [1.82, 2.24) is 10.3 Å². The van der Waals surface area contributed by atoms with E-state index < -0.39 is 24.2 Å². The molecule has 24 heavy (non-hydrogen) atoms. The second-order valence-electron chi connectivity index (χ2n) is 4.83. The van der Waals surface area contributed by atoms with Crippen LogP contribution in [0.15, 0.2) is 30.5 Å². The Bertz CT molecular complexity index is 804. The van der Waals surface area contributed by atoms with Crippen LogP contribution >= 0.6 is 0 Å². The van der Waals surface area contributed by atoms with Crippen LogP contribution < -0.4 is 10.1 Å². The minimum absolute atomic E-state index is 0.122. The number of carbonyl (C=O) groups excluding carboxylic acids is 1. The van der Waals surface area contributed by atoms with Crippen LogP contribution in [0.1, 0.15) is 27.0 Å². The van der Waals surface area contributed by atoms with Crippen LogP contribution in [0.4, 0.5) is 13.2 Å². The summed E-state index contributed by atoms with van der Waals surface area (Å²) in [6.45, 7) is -1.26. The van der Waals surface area contributed by atoms with Gasteiger partial charge in [-0.1, -0.05) is 6.07 Å². The summed E-state index contributed by atoms with van der Waals surface area (Å²) < 4.78 is 41.5. The van der Waals surface area contributed by atoms with Gasteiger partial charge in [0.15, 0.2) is 5.82 Å². The lowest BCUT2D eigenvalue weighted by Gasteiger charge is -2.09. The summed E-state index contributed by atoms with van der Waals surface area (Å²) in [7, 11) is 0. The lowest BCUT2D eigenvalue weighted by atomic mass is 10.1. The van der Waals surface area contributed by atoms with Gasteiger partial charge in [0, 0.05) is 12.7 Å². The molecule has 124 valence electrons. The number of rotatable bonds is 5. The number of aromatic nitrogens is 1. The number of nitriles is 1. The van der Waals surface area contributed by atoms with E-state index in [1.165, 1.54) is 0 Å². The number of amides is 1. The van der Waals surface area contributed by atoms with E-state index in [9.17, 15) is 18.0 Å². The second kappa shape index (κ2) is 7.46. The van der Waals surface area contributed by atoms with Crippen molar-refractivity contribution in [2.75, 3.05) is 0 Å². The molecule has 0 aliphatic heterocycles. The van der Waals surface area contributed by atoms with Gasteiger partial charge in [0.1, 0.15) is 0 Å². The van der Waals surface area contributed by atoms with Gasteiger partial charge < -0.3 is 10.1 Å². The van der Waals surface area contributed by atoms with Crippen molar-refractivity contribution in [1.29, 1.82) is 5.26 Å². The molecule has 1 aromatic carbocycles. The maximum absolute atomic E-state index is 13.6. The number of nitrogens with one attached hydrogen (secondary N) is 1. The van der Waals surface area contributed by atoms with Gasteiger partial charge in [0.2, 0.25) is 0 Å². The van der Waals surface area contributed by atoms with Crippen molar-refractivity contribution in [2.24, 2.45) is 0 Å². The van der Waals surface area contributed by atoms with Crippen molar-refractivity contribution in [3.63, 3.8) is 0 Å². The summed E-state index contributed by atoms with van der Waals surface area (Å²) in [5.74, 6) is -2.67. The van der Waals surface area contributed by atoms with E-state index in [0.29, 0.717) is 5.56 Å². The third kappa shape index (κ3) is 4.23. The van der Waals surface area contributed by atoms with E-state index in [4.69, 9.17) is 5.26 Å². The number of pyridine rings is 1. The van der Waals surface area contributed by atoms with Gasteiger partial charge in [0.25, 0.3) is 11.8 Å². The molecule has 0 atom stereocenters. The third-order valence-electron chi connectivity index (χ3n) is 3.19. The van der Waals surface area contributed by atoms with Crippen LogP contribution in [0.5, 0.6) is 5.88 Å². The van der Waals surface area contributed by atoms with Crippen LogP contribution in [-0.2, 0) is 6.54 Å². The van der Waals surface area contributed by atoms with Gasteiger partial charge in [0.05, 0.1) is 17.2 Å². The summed E-state index contributed by atoms with van der Waals surface area (Å²) in [5, 5.41) is 11.4. The fraction of sp³-hybridized carbons (Fsp3) is 0.188. The molecule has 0 fully saturated rings. The van der Waals surface area contributed by atoms with E-state index in [1.807, 2.05) is 13.0 Å². The van der Waals surface area contributed by atoms with Crippen LogP contribution in [-0.4, -0.2) is 17.5 Å². The summed E-state index contributed by atoms with van der Waals surface area (Å²) >= 11 is 0. The largest absolute Gasteiger partial charge is 0.414 e. The lowest BCUT2D eigenvalue weighted by molar-refractivity contribution is -0.0553. The molecule has 0 unspecified atom stereocenters. The van der Waals surface area contributed by atoms with Crippen molar-refractivity contribution in [2.45, 2.75) is 20.1 Å². The van der Waals surface area contributed by atoms with Crippen molar-refractivity contribution in [3.8, 4) is 11.9 Å². The predicted molar refractivity (Wildman–Crippen MR) is 77.9 cm³/mol. The molecule has 1 amide bonds. The van der Waals surface area contributed by atoms with Crippen LogP contribution in [0.25, 0.3) is 0 Å². The normalized spacial score (nSPS) is 10.3. The molecule has 0 saturated carbocycles. The van der Waals surface area contributed by atoms with Crippen LogP contribution in [0.2, 0.25) is 0 Å². The number of benzene rings is 1. The second-order valence-corrected chi connectivity index (χ2v) is 4.83. The number of hydrogen-bond acceptors (Lipinski definition) is 4. The molecular weight excluding hydrogens is 323 g/mol. The average molecular weight is 335 g/mol. The Labute approximate surface area is 135 Å². The molecule has 8 heteroatoms. The zero-order valence-electron chi connectivity index (χ0n) is 12.5. The topological polar surface area (TPSA) is 75.0 Å². The number of halogens is 3. The average Bonchev–Trinajstić information content (AvgIpc) is 2.55. The zero-order valence-corrected chi connectivity index (χ0v) is 12.5. The Morgan fingerprint density at radius 2 is 2.17 bits per heavy atom. The molecule has 0 aliphatic carbocycles. The van der Waals surface area contributed by atoms with E-state index in [1.54, 1.807) is 18.2 Å². The summed E-state index contributed by atoms with van der Waals surface area (Å²) in [5.41, 5.74) is 1.92. The molecule has 2 aromatic rings. The standard InChI is InChI=1S/C16H12F3N3O2/c1-9-2-3-10(6-20)4-11(9)7-21-14(23)12-5-13(17)15(22-8-12)24-16(18)19/h2-5,8,16H,7H2,1H3,(H,21,23). The SMILES string of the molecule is Cc1ccc(C#N)cc1CNC(=O)c1cnc(OC(F)F)c(F)c1. The lowest BCUT2D eigenvalue weighted by Crippen LogP contribution is -2.23. The van der Waals surface area contributed by atoms with Gasteiger partial charge in [-0.15, -0.1) is 0 Å². The molecule has 0 spiro atoms. The molecule has 1 aromatic heterocycles. The highest BCUT2D eigenvalue weighted by atomic mass is 19.3. The fourth-order valence-electron chi connectivity index (χ4n) is 1.93. The Morgan fingerprint density at radius 3 is 2.79 bits per heavy atom. The molecule has 1 N–H and O–H groups in total. The summed E-state index contributed by atoms with van der Waals surface area (Å²) in [4.78, 5) is 15.4. The Kier molecular flexibility index (Phi) is 5.37. The number of alkyl halides is 2. The van der Waals surface area contributed by atoms with Gasteiger partial charge >= 0.3 is 6.61 Å². The molecule has 5 nitrogen and oxygen atoms in total. The quantitative estimate of drug-likeness (QED) is 0.911. The van der Waals surface area contributed by atoms with Crippen molar-refractivity contribution < 1.29 is 22.7 Å². The molecule has 2 rings (SSSR count). The van der Waals surface area contributed by atoms with Crippen molar-refractivity contribution in [3.05, 3.63) is 58.5 Å². The Hall–Kier alpha value is -3.08. The first-order valence-corrected chi connectivity index (χ1v) is 6.79. The van der Waals surface area contributed by atoms with Gasteiger partial charge in [-0.2, -0.15) is 14.0 Å². The molecule has 1 heterocycles. The first kappa shape index (κ1) is 17.3. The molecular formula is C16H12F3N3O2. The highest BCUT2D eigenvalue weighted by Gasteiger charge is 2.15. The fourth-order valence-corrected chi connectivity index (χ4v) is 1.93. The maximum Gasteiger partial charge on any atom is 0.388 e. The minimum Gasteiger partial charge on any atom is -0.414 e. The summed E-state index contributed by atoms with van der Waals surface area (Å²) in [6.07, 6.45) is 0.939. The van der Waals surface area contributed by atoms with E-state index in [0.717, 1.165) is 23.4 Å². The number of aryl methyl sites for hydroxylation is 1. The monoisotopic (exact) mass is 335 g/mol. The van der Waals surface area contributed by atoms with E-state index >= 15 is 0 Å². The van der Waals surface area contributed by atoms with Gasteiger partial charge in [-0.05, 0) is 36.2 Å². The third-order valence-corrected chi connectivity index (χ3v) is 3.19. The van der Waals surface area contributed by atoms with E-state index in [2.05, 4.69) is 15.0 Å². The van der Waals surface area contributed by atoms with Gasteiger partial charge in [-0.3, -0.25) is 4.79 Å². The van der Waals surface area contributed by atoms with Crippen LogP contribution in [0.3, 0.4) is 0 Å². The number of nitrogens with zero attached hydrogens (tertiary/aromatic N) is 2. The number of carbonyl (C=O) groups is 1. The first-order valence-electron chi connectivity index (χ1n) is 6.79. The Balaban J connectivity index is 2.08. The molecule has 0 aliphatic rings. The number of hydrogen-bond donors (Lipinski definition) is 1. The smallest absolute Gasteiger partial charge is 0.388 e. The highest BCUT2D eigenvalue weighted by Crippen LogP contribution is 2.17. The highest BCUT2D eigenvalue weighted by molar-refractivity contribution is 5.93. The first-order chi connectivity index (χ1) is 11.4. The molecule has 0 radical (unpaired) electrons.